The summed E-state index contributed by atoms with van der Waals surface area (Å²) in [6, 6.07) is 4.63. The number of hydrogen-bond donors (Lipinski definition) is 3. The van der Waals surface area contributed by atoms with E-state index in [0.29, 0.717) is 41.2 Å². The molecule has 6 amide bonds. The molecule has 0 saturated carbocycles. The van der Waals surface area contributed by atoms with Crippen LogP contribution in [0.2, 0.25) is 6.82 Å². The van der Waals surface area contributed by atoms with Gasteiger partial charge >= 0.3 is 37.6 Å². The number of rotatable bonds is 29. The van der Waals surface area contributed by atoms with E-state index in [1.807, 2.05) is 20.8 Å². The molecule has 0 fully saturated rings. The predicted octanol–water partition coefficient (Wildman–Crippen LogP) is 5.87. The van der Waals surface area contributed by atoms with Gasteiger partial charge < -0.3 is 48.8 Å². The Kier molecular flexibility index (Phi) is 25.3. The van der Waals surface area contributed by atoms with E-state index in [1.165, 1.54) is 37.2 Å². The Labute approximate surface area is 398 Å². The minimum atomic E-state index is -1.41. The Hall–Kier alpha value is -6.61. The van der Waals surface area contributed by atoms with Gasteiger partial charge in [0, 0.05) is 12.6 Å². The molecule has 1 heterocycles. The summed E-state index contributed by atoms with van der Waals surface area (Å²) in [6.07, 6.45) is 2.88. The number of nitrogens with one attached hydrogen (secondary N) is 3. The molecule has 0 aliphatic rings. The van der Waals surface area contributed by atoms with Gasteiger partial charge in [-0.3, -0.25) is 28.8 Å². The van der Waals surface area contributed by atoms with Gasteiger partial charge in [-0.05, 0) is 70.7 Å². The van der Waals surface area contributed by atoms with Crippen molar-refractivity contribution in [2.24, 2.45) is 5.92 Å². The van der Waals surface area contributed by atoms with Crippen LogP contribution in [0.1, 0.15) is 134 Å². The number of ether oxygens (including phenoxy) is 4. The minimum Gasteiger partial charge on any atom is -0.537 e. The van der Waals surface area contributed by atoms with Crippen LogP contribution < -0.4 is 20.7 Å². The second-order valence-electron chi connectivity index (χ2n) is 16.4. The maximum absolute atomic E-state index is 13.7. The molecule has 0 spiro atoms. The van der Waals surface area contributed by atoms with Crippen molar-refractivity contribution in [1.29, 1.82) is 0 Å². The maximum atomic E-state index is 13.7. The van der Waals surface area contributed by atoms with E-state index >= 15 is 0 Å². The first-order valence-electron chi connectivity index (χ1n) is 22.8. The van der Waals surface area contributed by atoms with Gasteiger partial charge in [-0.25, -0.2) is 19.3 Å². The standard InChI is InChI=1S/C46H67BN5O16/c1-10-14-17-18-31(34(13-4)52(29-53)68-45(61)51(9)44(60)66-46(5,6)7)40(56)48-28-49-42(58)36-22-21-35(65-36)30-19-20-32(37(25-30)64-27-39(55)67-47-8)41(57)50-33(43(59)63-24-16-12-3)26-38(54)62-23-15-11-2/h19-22,25,29,31,33-34H,10-18,23-24,26-28H2,1-9H3,(H,48,56)(H,49,58)(H,50,57)/t31-,33+,34-/m1/s1. The fourth-order valence-electron chi connectivity index (χ4n) is 6.21. The highest BCUT2D eigenvalue weighted by atomic mass is 16.7. The second kappa shape index (κ2) is 29.9. The molecule has 0 aliphatic carbocycles. The highest BCUT2D eigenvalue weighted by Crippen LogP contribution is 2.30. The molecule has 68 heavy (non-hydrogen) atoms. The Morgan fingerprint density at radius 2 is 1.50 bits per heavy atom. The van der Waals surface area contributed by atoms with Gasteiger partial charge in [-0.15, -0.1) is 0 Å². The van der Waals surface area contributed by atoms with E-state index in [0.717, 1.165) is 40.2 Å². The van der Waals surface area contributed by atoms with Crippen LogP contribution >= 0.6 is 0 Å². The van der Waals surface area contributed by atoms with Crippen molar-refractivity contribution in [2.75, 3.05) is 33.5 Å². The monoisotopic (exact) mass is 956 g/mol. The molecule has 1 aromatic heterocycles. The second-order valence-corrected chi connectivity index (χ2v) is 16.4. The number of carbonyl (C=O) groups is 9. The van der Waals surface area contributed by atoms with E-state index < -0.39 is 84.4 Å². The van der Waals surface area contributed by atoms with E-state index in [9.17, 15) is 43.2 Å². The van der Waals surface area contributed by atoms with Crippen LogP contribution in [0, 0.1) is 5.92 Å². The summed E-state index contributed by atoms with van der Waals surface area (Å²) in [4.78, 5) is 122. The van der Waals surface area contributed by atoms with Crippen molar-refractivity contribution in [3.63, 3.8) is 0 Å². The zero-order valence-electron chi connectivity index (χ0n) is 40.6. The fourth-order valence-corrected chi connectivity index (χ4v) is 6.21. The van der Waals surface area contributed by atoms with Crippen molar-refractivity contribution >= 4 is 61.7 Å². The molecule has 0 aliphatic heterocycles. The van der Waals surface area contributed by atoms with Crippen LogP contribution in [-0.4, -0.2) is 123 Å². The molecule has 1 aromatic carbocycles. The third-order valence-electron chi connectivity index (χ3n) is 9.80. The zero-order valence-corrected chi connectivity index (χ0v) is 40.6. The van der Waals surface area contributed by atoms with Crippen molar-refractivity contribution < 1.29 is 76.0 Å². The molecule has 22 heteroatoms. The number of imide groups is 1. The lowest BCUT2D eigenvalue weighted by atomic mass is 9.90. The molecule has 3 atom stereocenters. The average Bonchev–Trinajstić information content (AvgIpc) is 3.80. The van der Waals surface area contributed by atoms with Crippen LogP contribution in [0.4, 0.5) is 9.59 Å². The van der Waals surface area contributed by atoms with Crippen LogP contribution in [0.3, 0.4) is 0 Å². The van der Waals surface area contributed by atoms with Crippen LogP contribution in [-0.2, 0) is 47.7 Å². The summed E-state index contributed by atoms with van der Waals surface area (Å²) in [5.74, 6) is -5.54. The molecule has 0 saturated heterocycles. The van der Waals surface area contributed by atoms with Gasteiger partial charge in [0.15, 0.2) is 12.4 Å². The number of hydrogen-bond acceptors (Lipinski definition) is 16. The number of unbranched alkanes of at least 4 members (excludes halogenated alkanes) is 4. The lowest BCUT2D eigenvalue weighted by molar-refractivity contribution is -0.172. The Bertz CT molecular complexity index is 2000. The Morgan fingerprint density at radius 1 is 0.824 bits per heavy atom. The van der Waals surface area contributed by atoms with Crippen molar-refractivity contribution in [3.05, 3.63) is 41.7 Å². The van der Waals surface area contributed by atoms with Gasteiger partial charge in [-0.2, -0.15) is 5.06 Å². The topological polar surface area (TPSA) is 265 Å². The molecule has 0 unspecified atom stereocenters. The first-order valence-corrected chi connectivity index (χ1v) is 22.8. The molecule has 2 rings (SSSR count). The number of hydroxylamine groups is 2. The van der Waals surface area contributed by atoms with E-state index in [4.69, 9.17) is 32.9 Å². The first kappa shape index (κ1) is 57.5. The molecule has 21 nitrogen and oxygen atoms in total. The van der Waals surface area contributed by atoms with E-state index in [1.54, 1.807) is 27.7 Å². The zero-order chi connectivity index (χ0) is 50.8. The van der Waals surface area contributed by atoms with Gasteiger partial charge in [0.1, 0.15) is 23.2 Å². The number of amides is 6. The molecule has 2 aromatic rings. The number of esters is 2. The Morgan fingerprint density at radius 3 is 2.12 bits per heavy atom. The van der Waals surface area contributed by atoms with Gasteiger partial charge in [0.25, 0.3) is 11.8 Å². The highest BCUT2D eigenvalue weighted by molar-refractivity contribution is 6.28. The maximum Gasteiger partial charge on any atom is 0.443 e. The van der Waals surface area contributed by atoms with Gasteiger partial charge in [0.2, 0.25) is 12.3 Å². The smallest absolute Gasteiger partial charge is 0.443 e. The molecule has 375 valence electrons. The van der Waals surface area contributed by atoms with Crippen LogP contribution in [0.25, 0.3) is 11.3 Å². The SMILES string of the molecule is C[B]OC(=O)COc1cc(-c2ccc(C(=O)NCNC(=O)[C@H](CCCCC)[C@@H](CC)N(C=O)OC(=O)N(C)C(=O)OC(C)(C)C)o2)ccc1C(=O)N[C@@H](CC(=O)OCCCC)C(=O)OCCCC. The number of benzene rings is 1. The first-order chi connectivity index (χ1) is 32.3. The molecular weight excluding hydrogens is 889 g/mol. The molecular formula is C46H67BN5O16. The third-order valence-corrected chi connectivity index (χ3v) is 9.80. The summed E-state index contributed by atoms with van der Waals surface area (Å²) >= 11 is 0. The average molecular weight is 957 g/mol. The lowest BCUT2D eigenvalue weighted by Crippen LogP contribution is -2.50. The normalized spacial score (nSPS) is 12.2. The van der Waals surface area contributed by atoms with Crippen LogP contribution in [0.15, 0.2) is 34.7 Å². The lowest BCUT2D eigenvalue weighted by Gasteiger charge is -2.32. The summed E-state index contributed by atoms with van der Waals surface area (Å²) in [5.41, 5.74) is -0.741. The minimum absolute atomic E-state index is 0.0729. The summed E-state index contributed by atoms with van der Waals surface area (Å²) in [7, 11) is 2.27. The number of nitrogens with zero attached hydrogens (tertiary/aromatic N) is 2. The highest BCUT2D eigenvalue weighted by Gasteiger charge is 2.35. The van der Waals surface area contributed by atoms with Crippen molar-refractivity contribution in [1.82, 2.24) is 25.9 Å². The Balaban J connectivity index is 2.29. The van der Waals surface area contributed by atoms with E-state index in [2.05, 4.69) is 16.0 Å². The number of furan rings is 1. The largest absolute Gasteiger partial charge is 0.537 e. The predicted molar refractivity (Wildman–Crippen MR) is 246 cm³/mol. The molecule has 1 radical (unpaired) electrons. The molecule has 3 N–H and O–H groups in total. The van der Waals surface area contributed by atoms with Crippen molar-refractivity contribution in [3.8, 4) is 17.1 Å². The van der Waals surface area contributed by atoms with Gasteiger partial charge in [0.05, 0.1) is 43.8 Å². The van der Waals surface area contributed by atoms with Gasteiger partial charge in [-0.1, -0.05) is 72.7 Å². The van der Waals surface area contributed by atoms with Crippen LogP contribution in [0.5, 0.6) is 5.75 Å². The molecule has 0 bridgehead atoms. The fraction of sp³-hybridized carbons (Fsp3) is 0.587. The number of carbonyl (C=O) groups excluding carboxylic acids is 9. The third kappa shape index (κ3) is 19.7. The quantitative estimate of drug-likeness (QED) is 0.0164. The summed E-state index contributed by atoms with van der Waals surface area (Å²) in [6.45, 7) is 13.0. The van der Waals surface area contributed by atoms with Crippen molar-refractivity contribution in [2.45, 2.75) is 137 Å². The summed E-state index contributed by atoms with van der Waals surface area (Å²) in [5, 5.41) is 8.42. The van der Waals surface area contributed by atoms with E-state index in [-0.39, 0.29) is 55.5 Å². The summed E-state index contributed by atoms with van der Waals surface area (Å²) < 4.78 is 32.1.